The molecule has 0 atom stereocenters. The van der Waals surface area contributed by atoms with Gasteiger partial charge in [0, 0.05) is 17.3 Å². The van der Waals surface area contributed by atoms with Gasteiger partial charge in [-0.3, -0.25) is 0 Å². The summed E-state index contributed by atoms with van der Waals surface area (Å²) >= 11 is 0.964. The van der Waals surface area contributed by atoms with Crippen molar-refractivity contribution in [3.63, 3.8) is 0 Å². The Hall–Kier alpha value is -2.99. The number of carbonyl (C=O) groups excluding carboxylic acids is 1. The van der Waals surface area contributed by atoms with Crippen molar-refractivity contribution in [1.29, 1.82) is 5.26 Å². The first-order chi connectivity index (χ1) is 13.7. The average molecular weight is 398 g/mol. The topological polar surface area (TPSA) is 93.7 Å². The van der Waals surface area contributed by atoms with Gasteiger partial charge in [0.05, 0.1) is 12.9 Å². The molecule has 1 aliphatic rings. The van der Waals surface area contributed by atoms with Crippen molar-refractivity contribution in [1.82, 2.24) is 0 Å². The largest absolute Gasteiger partial charge is 0.465 e. The minimum Gasteiger partial charge on any atom is -0.465 e. The molecule has 2 aromatic rings. The van der Waals surface area contributed by atoms with E-state index in [0.717, 1.165) is 30.8 Å². The van der Waals surface area contributed by atoms with Crippen LogP contribution in [-0.2, 0) is 18.8 Å². The molecule has 144 valence electrons. The number of nitrogens with one attached hydrogen (secondary N) is 1. The number of allylic oxidation sites excluding steroid dienone is 1. The van der Waals surface area contributed by atoms with Gasteiger partial charge in [-0.25, -0.2) is 9.68 Å². The van der Waals surface area contributed by atoms with Crippen molar-refractivity contribution in [3.05, 3.63) is 65.3 Å². The normalized spacial score (nSPS) is 15.0. The molecule has 1 aliphatic heterocycles. The molecule has 0 bridgehead atoms. The molecular weight excluding hydrogens is 380 g/mol. The highest BCUT2D eigenvalue weighted by atomic mass is 32.2. The van der Waals surface area contributed by atoms with Gasteiger partial charge in [0.2, 0.25) is 0 Å². The maximum atomic E-state index is 12.0. The highest BCUT2D eigenvalue weighted by molar-refractivity contribution is 7.95. The SMILES string of the molecule is CCCCOOSNc1ccc(C2=C(C#N)C(=O)OC2=Cc2ccco2)cc1. The molecule has 0 aliphatic carbocycles. The van der Waals surface area contributed by atoms with E-state index in [1.54, 1.807) is 42.5 Å². The zero-order valence-corrected chi connectivity index (χ0v) is 16.0. The lowest BCUT2D eigenvalue weighted by Gasteiger charge is -2.07. The van der Waals surface area contributed by atoms with Crippen LogP contribution in [0.5, 0.6) is 0 Å². The third-order valence-electron chi connectivity index (χ3n) is 3.83. The third kappa shape index (κ3) is 4.84. The summed E-state index contributed by atoms with van der Waals surface area (Å²) in [5.74, 6) is 0.124. The van der Waals surface area contributed by atoms with Crippen molar-refractivity contribution in [2.45, 2.75) is 19.8 Å². The van der Waals surface area contributed by atoms with Crippen LogP contribution in [0.15, 0.2) is 58.4 Å². The second-order valence-electron chi connectivity index (χ2n) is 5.78. The molecule has 28 heavy (non-hydrogen) atoms. The molecule has 1 aromatic heterocycles. The van der Waals surface area contributed by atoms with Crippen LogP contribution in [0.1, 0.15) is 31.1 Å². The van der Waals surface area contributed by atoms with E-state index in [0.29, 0.717) is 23.5 Å². The Labute approximate surface area is 166 Å². The Morgan fingerprint density at radius 1 is 1.29 bits per heavy atom. The van der Waals surface area contributed by atoms with Crippen molar-refractivity contribution >= 4 is 35.5 Å². The lowest BCUT2D eigenvalue weighted by molar-refractivity contribution is -0.190. The van der Waals surface area contributed by atoms with Crippen LogP contribution in [0.2, 0.25) is 0 Å². The van der Waals surface area contributed by atoms with Crippen molar-refractivity contribution in [2.75, 3.05) is 11.3 Å². The van der Waals surface area contributed by atoms with E-state index in [1.165, 1.54) is 6.26 Å². The molecule has 2 heterocycles. The second kappa shape index (κ2) is 9.80. The molecule has 0 spiro atoms. The van der Waals surface area contributed by atoms with E-state index in [2.05, 4.69) is 11.6 Å². The van der Waals surface area contributed by atoms with Crippen molar-refractivity contribution in [2.24, 2.45) is 0 Å². The van der Waals surface area contributed by atoms with Crippen LogP contribution in [0.4, 0.5) is 5.69 Å². The molecule has 0 amide bonds. The number of benzene rings is 1. The van der Waals surface area contributed by atoms with Gasteiger partial charge in [-0.2, -0.15) is 5.26 Å². The Bertz CT molecular complexity index is 911. The Kier molecular flexibility index (Phi) is 6.92. The first-order valence-corrected chi connectivity index (χ1v) is 9.40. The predicted octanol–water partition coefficient (Wildman–Crippen LogP) is 4.88. The lowest BCUT2D eigenvalue weighted by Crippen LogP contribution is -1.96. The zero-order valence-electron chi connectivity index (χ0n) is 15.1. The monoisotopic (exact) mass is 398 g/mol. The van der Waals surface area contributed by atoms with Gasteiger partial charge in [-0.05, 0) is 36.2 Å². The number of unbranched alkanes of at least 4 members (excludes halogenated alkanes) is 1. The van der Waals surface area contributed by atoms with Gasteiger partial charge in [0.25, 0.3) is 0 Å². The summed E-state index contributed by atoms with van der Waals surface area (Å²) in [5, 5.41) is 9.37. The van der Waals surface area contributed by atoms with Crippen LogP contribution in [0, 0.1) is 11.3 Å². The molecule has 1 aromatic carbocycles. The van der Waals surface area contributed by atoms with Gasteiger partial charge < -0.3 is 13.9 Å². The maximum absolute atomic E-state index is 12.0. The maximum Gasteiger partial charge on any atom is 0.355 e. The van der Waals surface area contributed by atoms with Crippen LogP contribution < -0.4 is 4.72 Å². The van der Waals surface area contributed by atoms with Crippen LogP contribution >= 0.6 is 12.2 Å². The molecule has 0 fully saturated rings. The summed E-state index contributed by atoms with van der Waals surface area (Å²) in [5.41, 5.74) is 1.84. The van der Waals surface area contributed by atoms with E-state index >= 15 is 0 Å². The standard InChI is InChI=1S/C20H18N2O5S/c1-2-3-11-25-27-28-22-15-8-6-14(7-9-15)19-17(13-21)20(23)26-18(19)12-16-5-4-10-24-16/h4-10,12,22H,2-3,11H2,1H3. The minimum absolute atomic E-state index is 0.0412. The smallest absolute Gasteiger partial charge is 0.355 e. The van der Waals surface area contributed by atoms with Crippen LogP contribution in [0.3, 0.4) is 0 Å². The van der Waals surface area contributed by atoms with Crippen molar-refractivity contribution < 1.29 is 23.2 Å². The second-order valence-corrected chi connectivity index (χ2v) is 6.29. The number of nitrogens with zero attached hydrogens (tertiary/aromatic N) is 1. The molecule has 0 saturated carbocycles. The number of hydrogen-bond acceptors (Lipinski definition) is 8. The molecule has 0 unspecified atom stereocenters. The van der Waals surface area contributed by atoms with E-state index in [4.69, 9.17) is 18.4 Å². The number of furan rings is 1. The quantitative estimate of drug-likeness (QED) is 0.160. The fourth-order valence-corrected chi connectivity index (χ4v) is 2.83. The first-order valence-electron chi connectivity index (χ1n) is 8.66. The van der Waals surface area contributed by atoms with Crippen LogP contribution in [-0.4, -0.2) is 12.6 Å². The van der Waals surface area contributed by atoms with Gasteiger partial charge in [0.15, 0.2) is 0 Å². The number of carbonyl (C=O) groups is 1. The molecule has 3 rings (SSSR count). The molecule has 8 heteroatoms. The predicted molar refractivity (Wildman–Crippen MR) is 105 cm³/mol. The van der Waals surface area contributed by atoms with Crippen LogP contribution in [0.25, 0.3) is 11.6 Å². The van der Waals surface area contributed by atoms with Gasteiger partial charge >= 0.3 is 5.97 Å². The molecular formula is C20H18N2O5S. The van der Waals surface area contributed by atoms with E-state index < -0.39 is 5.97 Å². The number of cyclic esters (lactones) is 1. The summed E-state index contributed by atoms with van der Waals surface area (Å²) in [6.07, 6.45) is 5.07. The van der Waals surface area contributed by atoms with E-state index in [9.17, 15) is 10.1 Å². The Balaban J connectivity index is 1.72. The number of nitriles is 1. The first kappa shape index (κ1) is 19.8. The minimum atomic E-state index is -0.675. The Morgan fingerprint density at radius 2 is 2.11 bits per heavy atom. The number of hydrogen-bond donors (Lipinski definition) is 1. The van der Waals surface area contributed by atoms with Gasteiger partial charge in [0.1, 0.15) is 35.4 Å². The third-order valence-corrected chi connectivity index (χ3v) is 4.31. The number of ether oxygens (including phenoxy) is 1. The molecule has 0 radical (unpaired) electrons. The highest BCUT2D eigenvalue weighted by Gasteiger charge is 2.31. The summed E-state index contributed by atoms with van der Waals surface area (Å²) in [7, 11) is 0. The summed E-state index contributed by atoms with van der Waals surface area (Å²) in [6, 6.07) is 12.5. The average Bonchev–Trinajstić information content (AvgIpc) is 3.32. The number of esters is 1. The Morgan fingerprint density at radius 3 is 2.79 bits per heavy atom. The van der Waals surface area contributed by atoms with E-state index in [-0.39, 0.29) is 11.3 Å². The van der Waals surface area contributed by atoms with E-state index in [1.807, 2.05) is 6.07 Å². The zero-order chi connectivity index (χ0) is 19.8. The fraction of sp³-hybridized carbons (Fsp3) is 0.200. The van der Waals surface area contributed by atoms with Gasteiger partial charge in [-0.1, -0.05) is 25.5 Å². The summed E-state index contributed by atoms with van der Waals surface area (Å²) in [6.45, 7) is 2.61. The number of rotatable bonds is 9. The molecule has 7 nitrogen and oxygen atoms in total. The molecule has 1 N–H and O–H groups in total. The lowest BCUT2D eigenvalue weighted by atomic mass is 9.99. The molecule has 0 saturated heterocycles. The van der Waals surface area contributed by atoms with Gasteiger partial charge in [-0.15, -0.1) is 4.33 Å². The highest BCUT2D eigenvalue weighted by Crippen LogP contribution is 2.36. The number of anilines is 1. The summed E-state index contributed by atoms with van der Waals surface area (Å²) < 4.78 is 18.5. The fourth-order valence-electron chi connectivity index (χ4n) is 2.45. The summed E-state index contributed by atoms with van der Waals surface area (Å²) in [4.78, 5) is 17.0. The van der Waals surface area contributed by atoms with Crippen molar-refractivity contribution in [3.8, 4) is 6.07 Å².